The van der Waals surface area contributed by atoms with Crippen LogP contribution in [0.2, 0.25) is 0 Å². The fourth-order valence-electron chi connectivity index (χ4n) is 2.27. The summed E-state index contributed by atoms with van der Waals surface area (Å²) in [5.41, 5.74) is 1.06. The summed E-state index contributed by atoms with van der Waals surface area (Å²) in [5.74, 6) is -0.193. The van der Waals surface area contributed by atoms with Crippen molar-refractivity contribution in [2.45, 2.75) is 11.3 Å². The van der Waals surface area contributed by atoms with Crippen LogP contribution in [0.5, 0.6) is 0 Å². The molecule has 0 fully saturated rings. The van der Waals surface area contributed by atoms with Crippen molar-refractivity contribution >= 4 is 33.0 Å². The maximum Gasteiger partial charge on any atom is 0.271 e. The van der Waals surface area contributed by atoms with E-state index in [9.17, 15) is 23.3 Å². The molecule has 118 valence electrons. The normalized spacial score (nSPS) is 13.3. The summed E-state index contributed by atoms with van der Waals surface area (Å²) >= 11 is 0. The van der Waals surface area contributed by atoms with E-state index in [4.69, 9.17) is 0 Å². The molecule has 0 radical (unpaired) electrons. The van der Waals surface area contributed by atoms with Gasteiger partial charge in [-0.2, -0.15) is 0 Å². The van der Waals surface area contributed by atoms with Crippen LogP contribution >= 0.6 is 0 Å². The fourth-order valence-corrected chi connectivity index (χ4v) is 3.37. The second kappa shape index (κ2) is 5.36. The van der Waals surface area contributed by atoms with Gasteiger partial charge in [0.1, 0.15) is 0 Å². The Kier molecular flexibility index (Phi) is 3.49. The summed E-state index contributed by atoms with van der Waals surface area (Å²) in [6.45, 7) is 0. The summed E-state index contributed by atoms with van der Waals surface area (Å²) in [7, 11) is -3.91. The van der Waals surface area contributed by atoms with Crippen LogP contribution in [0.25, 0.3) is 0 Å². The number of nitro benzene ring substituents is 1. The van der Waals surface area contributed by atoms with Gasteiger partial charge in [0.2, 0.25) is 5.91 Å². The van der Waals surface area contributed by atoms with Gasteiger partial charge in [-0.3, -0.25) is 19.6 Å². The van der Waals surface area contributed by atoms with Crippen molar-refractivity contribution in [2.24, 2.45) is 0 Å². The summed E-state index contributed by atoms with van der Waals surface area (Å²) in [6, 6.07) is 9.50. The Bertz CT molecular complexity index is 924. The van der Waals surface area contributed by atoms with Crippen molar-refractivity contribution in [3.8, 4) is 0 Å². The number of non-ortho nitro benzene ring substituents is 1. The third-order valence-corrected chi connectivity index (χ3v) is 4.70. The molecule has 0 saturated heterocycles. The molecule has 0 atom stereocenters. The number of carbonyl (C=O) groups is 1. The van der Waals surface area contributed by atoms with Crippen LogP contribution in [0.15, 0.2) is 47.4 Å². The van der Waals surface area contributed by atoms with Gasteiger partial charge in [0.15, 0.2) is 0 Å². The molecule has 0 saturated carbocycles. The average molecular weight is 333 g/mol. The van der Waals surface area contributed by atoms with Crippen LogP contribution in [0.4, 0.5) is 17.1 Å². The lowest BCUT2D eigenvalue weighted by Gasteiger charge is -2.09. The van der Waals surface area contributed by atoms with E-state index >= 15 is 0 Å². The van der Waals surface area contributed by atoms with Gasteiger partial charge in [0.25, 0.3) is 15.7 Å². The number of nitro groups is 1. The summed E-state index contributed by atoms with van der Waals surface area (Å²) in [4.78, 5) is 21.4. The molecule has 1 heterocycles. The highest BCUT2D eigenvalue weighted by atomic mass is 32.2. The summed E-state index contributed by atoms with van der Waals surface area (Å²) in [6.07, 6.45) is 0.121. The molecule has 1 amide bonds. The number of rotatable bonds is 4. The lowest BCUT2D eigenvalue weighted by Crippen LogP contribution is -2.13. The molecule has 0 aromatic heterocycles. The molecule has 1 aliphatic rings. The average Bonchev–Trinajstić information content (AvgIpc) is 2.86. The van der Waals surface area contributed by atoms with Crippen molar-refractivity contribution in [3.63, 3.8) is 0 Å². The Morgan fingerprint density at radius 2 is 1.96 bits per heavy atom. The lowest BCUT2D eigenvalue weighted by atomic mass is 10.2. The van der Waals surface area contributed by atoms with Gasteiger partial charge in [0.05, 0.1) is 21.9 Å². The number of carbonyl (C=O) groups excluding carboxylic acids is 1. The van der Waals surface area contributed by atoms with Crippen molar-refractivity contribution in [1.29, 1.82) is 0 Å². The van der Waals surface area contributed by atoms with Crippen LogP contribution in [0, 0.1) is 10.1 Å². The standard InChI is InChI=1S/C14H11N3O5S/c18-14-7-9-6-12(4-5-13(9)15-14)23(21,22)16-10-2-1-3-11(8-10)17(19)20/h1-6,8,16H,7H2,(H,15,18). The number of nitrogens with zero attached hydrogens (tertiary/aromatic N) is 1. The molecule has 3 rings (SSSR count). The number of benzene rings is 2. The molecule has 2 aromatic carbocycles. The highest BCUT2D eigenvalue weighted by molar-refractivity contribution is 7.92. The van der Waals surface area contributed by atoms with Crippen LogP contribution in [0.3, 0.4) is 0 Å². The first-order valence-corrected chi connectivity index (χ1v) is 8.03. The van der Waals surface area contributed by atoms with Gasteiger partial charge in [-0.05, 0) is 29.8 Å². The molecule has 0 aliphatic carbocycles. The second-order valence-electron chi connectivity index (χ2n) is 4.96. The Hall–Kier alpha value is -2.94. The van der Waals surface area contributed by atoms with E-state index in [2.05, 4.69) is 10.0 Å². The van der Waals surface area contributed by atoms with E-state index in [0.717, 1.165) is 6.07 Å². The SMILES string of the molecule is O=C1Cc2cc(S(=O)(=O)Nc3cccc([N+](=O)[O-])c3)ccc2N1. The van der Waals surface area contributed by atoms with Crippen molar-refractivity contribution in [2.75, 3.05) is 10.0 Å². The minimum Gasteiger partial charge on any atom is -0.326 e. The molecule has 23 heavy (non-hydrogen) atoms. The molecular weight excluding hydrogens is 322 g/mol. The van der Waals surface area contributed by atoms with Crippen molar-refractivity contribution < 1.29 is 18.1 Å². The van der Waals surface area contributed by atoms with E-state index in [1.807, 2.05) is 0 Å². The van der Waals surface area contributed by atoms with Gasteiger partial charge >= 0.3 is 0 Å². The smallest absolute Gasteiger partial charge is 0.271 e. The van der Waals surface area contributed by atoms with Crippen LogP contribution < -0.4 is 10.0 Å². The van der Waals surface area contributed by atoms with E-state index in [0.29, 0.717) is 11.3 Å². The lowest BCUT2D eigenvalue weighted by molar-refractivity contribution is -0.384. The van der Waals surface area contributed by atoms with Crippen LogP contribution in [-0.4, -0.2) is 19.2 Å². The largest absolute Gasteiger partial charge is 0.326 e. The number of anilines is 2. The highest BCUT2D eigenvalue weighted by Crippen LogP contribution is 2.27. The molecule has 8 nitrogen and oxygen atoms in total. The number of amides is 1. The van der Waals surface area contributed by atoms with E-state index in [1.165, 1.54) is 36.4 Å². The maximum atomic E-state index is 12.4. The van der Waals surface area contributed by atoms with Crippen LogP contribution in [-0.2, 0) is 21.2 Å². The predicted octanol–water partition coefficient (Wildman–Crippen LogP) is 1.89. The quantitative estimate of drug-likeness (QED) is 0.654. The van der Waals surface area contributed by atoms with Gasteiger partial charge in [0, 0.05) is 17.8 Å². The number of fused-ring (bicyclic) bond motifs is 1. The monoisotopic (exact) mass is 333 g/mol. The predicted molar refractivity (Wildman–Crippen MR) is 82.7 cm³/mol. The first-order chi connectivity index (χ1) is 10.8. The molecular formula is C14H11N3O5S. The minimum absolute atomic E-state index is 0.0146. The van der Waals surface area contributed by atoms with Crippen LogP contribution in [0.1, 0.15) is 5.56 Å². The summed E-state index contributed by atoms with van der Waals surface area (Å²) < 4.78 is 27.1. The first-order valence-electron chi connectivity index (χ1n) is 6.55. The van der Waals surface area contributed by atoms with Gasteiger partial charge in [-0.25, -0.2) is 8.42 Å². The molecule has 9 heteroatoms. The first kappa shape index (κ1) is 15.0. The Labute approximate surface area is 131 Å². The third kappa shape index (κ3) is 2.99. The minimum atomic E-state index is -3.91. The number of hydrogen-bond donors (Lipinski definition) is 2. The molecule has 0 spiro atoms. The zero-order valence-corrected chi connectivity index (χ0v) is 12.5. The summed E-state index contributed by atoms with van der Waals surface area (Å²) in [5, 5.41) is 13.4. The van der Waals surface area contributed by atoms with Gasteiger partial charge in [-0.15, -0.1) is 0 Å². The third-order valence-electron chi connectivity index (χ3n) is 3.32. The number of sulfonamides is 1. The number of hydrogen-bond acceptors (Lipinski definition) is 5. The maximum absolute atomic E-state index is 12.4. The molecule has 2 N–H and O–H groups in total. The Balaban J connectivity index is 1.91. The highest BCUT2D eigenvalue weighted by Gasteiger charge is 2.22. The molecule has 1 aliphatic heterocycles. The molecule has 0 bridgehead atoms. The van der Waals surface area contributed by atoms with Gasteiger partial charge in [-0.1, -0.05) is 6.07 Å². The Morgan fingerprint density at radius 3 is 2.70 bits per heavy atom. The van der Waals surface area contributed by atoms with E-state index < -0.39 is 14.9 Å². The zero-order valence-electron chi connectivity index (χ0n) is 11.6. The van der Waals surface area contributed by atoms with E-state index in [-0.39, 0.29) is 28.6 Å². The zero-order chi connectivity index (χ0) is 16.6. The van der Waals surface area contributed by atoms with Crippen molar-refractivity contribution in [1.82, 2.24) is 0 Å². The Morgan fingerprint density at radius 1 is 1.17 bits per heavy atom. The second-order valence-corrected chi connectivity index (χ2v) is 6.64. The molecule has 0 unspecified atom stereocenters. The number of nitrogens with one attached hydrogen (secondary N) is 2. The fraction of sp³-hybridized carbons (Fsp3) is 0.0714. The van der Waals surface area contributed by atoms with Gasteiger partial charge < -0.3 is 5.32 Å². The topological polar surface area (TPSA) is 118 Å². The van der Waals surface area contributed by atoms with E-state index in [1.54, 1.807) is 0 Å². The molecule has 2 aromatic rings. The van der Waals surface area contributed by atoms with Crippen molar-refractivity contribution in [3.05, 3.63) is 58.1 Å².